The number of amides is 10. The van der Waals surface area contributed by atoms with E-state index in [0.29, 0.717) is 18.4 Å². The Morgan fingerprint density at radius 1 is 0.762 bits per heavy atom. The first-order valence-electron chi connectivity index (χ1n) is 28.2. The van der Waals surface area contributed by atoms with Gasteiger partial charge in [-0.3, -0.25) is 47.9 Å². The van der Waals surface area contributed by atoms with Gasteiger partial charge in [0.15, 0.2) is 0 Å². The number of phenols is 1. The highest BCUT2D eigenvalue weighted by Crippen LogP contribution is 2.16. The molecule has 1 aromatic carbocycles. The summed E-state index contributed by atoms with van der Waals surface area (Å²) in [5, 5.41) is 63.7. The van der Waals surface area contributed by atoms with E-state index in [0.717, 1.165) is 59.0 Å². The number of primary amides is 1. The van der Waals surface area contributed by atoms with Gasteiger partial charge in [-0.25, -0.2) is 9.78 Å². The molecule has 28 nitrogen and oxygen atoms in total. The van der Waals surface area contributed by atoms with E-state index in [1.54, 1.807) is 0 Å². The highest BCUT2D eigenvalue weighted by Gasteiger charge is 2.39. The molecular weight excluding hydrogens is 1100 g/mol. The number of rotatable bonds is 24. The van der Waals surface area contributed by atoms with Crippen LogP contribution in [0.2, 0.25) is 0 Å². The molecule has 10 amide bonds. The minimum absolute atomic E-state index is 0.150. The third-order valence-electron chi connectivity index (χ3n) is 13.5. The number of aliphatic hydroxyl groups is 3. The monoisotopic (exact) mass is 1180 g/mol. The maximum atomic E-state index is 14.6. The average molecular weight is 1180 g/mol. The summed E-state index contributed by atoms with van der Waals surface area (Å²) in [6.45, 7) is 7.36. The van der Waals surface area contributed by atoms with E-state index < -0.39 is 169 Å². The van der Waals surface area contributed by atoms with E-state index in [9.17, 15) is 73.2 Å². The number of H-pyrrole nitrogens is 1. The van der Waals surface area contributed by atoms with Crippen molar-refractivity contribution < 1.29 is 77.9 Å². The van der Waals surface area contributed by atoms with Gasteiger partial charge in [0.1, 0.15) is 59.5 Å². The molecule has 1 fully saturated rings. The molecule has 2 heterocycles. The Kier molecular flexibility index (Phi) is 30.3. The van der Waals surface area contributed by atoms with Gasteiger partial charge in [-0.15, -0.1) is 0 Å². The first-order chi connectivity index (χ1) is 39.9. The normalized spacial score (nSPS) is 22.8. The minimum atomic E-state index is -2.02. The molecule has 0 aliphatic carbocycles. The summed E-state index contributed by atoms with van der Waals surface area (Å²) in [6.07, 6.45) is 6.30. The quantitative estimate of drug-likeness (QED) is 0.0327. The SMILES string of the molecule is C/C=C(/NC(=O)C[C@H](O)CCCCCCCCCCC)C(=O)N[C@@H]1C(=O)N[C@H]([C@@H](C)O)C(=O)N[C@H](Cc2ccc(O)cc2)C(=O)N/C(=C/C)C(=O)N[C@H](CCC(N)=O)C(=O)NCC(=O)N[C@@H]([C@H](C)O)C(=O)N[C@@H](Cc2cnc[nH]2)C(=O)O[C@@H]1C. The van der Waals surface area contributed by atoms with Gasteiger partial charge in [0.2, 0.25) is 47.3 Å². The second-order valence-electron chi connectivity index (χ2n) is 20.5. The van der Waals surface area contributed by atoms with Crippen LogP contribution in [-0.4, -0.2) is 163 Å². The van der Waals surface area contributed by atoms with Crippen molar-refractivity contribution in [3.63, 3.8) is 0 Å². The molecule has 84 heavy (non-hydrogen) atoms. The molecule has 0 radical (unpaired) electrons. The fraction of sp³-hybridized carbons (Fsp3) is 0.571. The lowest BCUT2D eigenvalue weighted by atomic mass is 10.0. The zero-order valence-electron chi connectivity index (χ0n) is 48.4. The number of allylic oxidation sites excluding steroid dienone is 2. The van der Waals surface area contributed by atoms with Gasteiger partial charge in [-0.1, -0.05) is 89.0 Å². The van der Waals surface area contributed by atoms with Crippen LogP contribution in [0.4, 0.5) is 0 Å². The second kappa shape index (κ2) is 36.4. The van der Waals surface area contributed by atoms with E-state index in [2.05, 4.69) is 64.7 Å². The van der Waals surface area contributed by atoms with Crippen LogP contribution in [0.25, 0.3) is 0 Å². The van der Waals surface area contributed by atoms with E-state index >= 15 is 0 Å². The number of cyclic esters (lactones) is 1. The lowest BCUT2D eigenvalue weighted by molar-refractivity contribution is -0.156. The first-order valence-corrected chi connectivity index (χ1v) is 28.2. The predicted octanol–water partition coefficient (Wildman–Crippen LogP) is -1.39. The maximum absolute atomic E-state index is 14.6. The minimum Gasteiger partial charge on any atom is -0.508 e. The van der Waals surface area contributed by atoms with Gasteiger partial charge >= 0.3 is 5.97 Å². The number of carbonyl (C=O) groups is 11. The lowest BCUT2D eigenvalue weighted by Gasteiger charge is -2.30. The second-order valence-corrected chi connectivity index (χ2v) is 20.5. The summed E-state index contributed by atoms with van der Waals surface area (Å²) in [6, 6.07) is -5.39. The molecule has 16 N–H and O–H groups in total. The van der Waals surface area contributed by atoms with Crippen molar-refractivity contribution in [3.8, 4) is 5.75 Å². The number of unbranched alkanes of at least 4 members (excludes halogenated alkanes) is 8. The van der Waals surface area contributed by atoms with Crippen LogP contribution in [0.15, 0.2) is 60.3 Å². The molecule has 0 bridgehead atoms. The number of hydrogen-bond donors (Lipinski definition) is 15. The number of imidazole rings is 1. The lowest BCUT2D eigenvalue weighted by Crippen LogP contribution is -2.62. The number of nitrogens with two attached hydrogens (primary N) is 1. The Labute approximate surface area is 487 Å². The fourth-order valence-corrected chi connectivity index (χ4v) is 8.67. The van der Waals surface area contributed by atoms with E-state index in [1.807, 2.05) is 0 Å². The summed E-state index contributed by atoms with van der Waals surface area (Å²) in [7, 11) is 0. The molecular formula is C56H84N12O16. The van der Waals surface area contributed by atoms with Crippen LogP contribution in [-0.2, 0) is 70.3 Å². The molecule has 2 aromatic rings. The smallest absolute Gasteiger partial charge is 0.329 e. The van der Waals surface area contributed by atoms with Crippen molar-refractivity contribution in [2.75, 3.05) is 6.54 Å². The first kappa shape index (κ1) is 70.0. The van der Waals surface area contributed by atoms with Crippen molar-refractivity contribution in [2.45, 2.75) is 199 Å². The Morgan fingerprint density at radius 3 is 1.94 bits per heavy atom. The topological polar surface area (TPSA) is 441 Å². The zero-order chi connectivity index (χ0) is 62.5. The maximum Gasteiger partial charge on any atom is 0.329 e. The van der Waals surface area contributed by atoms with Crippen LogP contribution in [0, 0.1) is 0 Å². The van der Waals surface area contributed by atoms with Crippen LogP contribution in [0.3, 0.4) is 0 Å². The molecule has 1 aliphatic rings. The van der Waals surface area contributed by atoms with Gasteiger partial charge in [0, 0.05) is 31.2 Å². The number of hydrogen-bond acceptors (Lipinski definition) is 17. The number of aromatic amines is 1. The van der Waals surface area contributed by atoms with Crippen molar-refractivity contribution in [1.82, 2.24) is 57.8 Å². The van der Waals surface area contributed by atoms with Gasteiger partial charge in [-0.05, 0) is 65.2 Å². The van der Waals surface area contributed by atoms with E-state index in [1.165, 1.54) is 76.0 Å². The largest absolute Gasteiger partial charge is 0.508 e. The summed E-state index contributed by atoms with van der Waals surface area (Å²) >= 11 is 0. The summed E-state index contributed by atoms with van der Waals surface area (Å²) < 4.78 is 5.75. The highest BCUT2D eigenvalue weighted by molar-refractivity contribution is 6.03. The number of benzene rings is 1. The van der Waals surface area contributed by atoms with E-state index in [4.69, 9.17) is 10.5 Å². The molecule has 464 valence electrons. The standard InChI is InChI=1S/C56H84N12O16/c1-7-10-11-12-13-14-15-16-17-18-37(72)27-44(74)61-38(8-2)51(78)68-48-33(6)84-56(83)42(26-35-28-58-30-60-35)65-53(80)46(31(4)69)66-45(75)29-59-49(76)40(23-24-43(57)73)63-50(77)39(9-3)62-52(79)41(25-34-19-21-36(71)22-20-34)64-54(81)47(32(5)70)67-55(48)82/h8-9,19-22,28,30-33,37,40-42,46-48,69-72H,7,10-18,23-27,29H2,1-6H3,(H2,57,73)(H,58,60)(H,59,76)(H,61,74)(H,62,79)(H,63,77)(H,64,81)(H,65,80)(H,66,75)(H,67,82)(H,68,78)/b38-8+,39-9+/t31-,32+,33+,37+,40+,41+,42-,46-,47+,48-/m0/s1. The summed E-state index contributed by atoms with van der Waals surface area (Å²) in [4.78, 5) is 158. The molecule has 0 spiro atoms. The van der Waals surface area contributed by atoms with Crippen molar-refractivity contribution in [2.24, 2.45) is 5.73 Å². The fourth-order valence-electron chi connectivity index (χ4n) is 8.67. The molecule has 28 heteroatoms. The molecule has 1 saturated heterocycles. The summed E-state index contributed by atoms with van der Waals surface area (Å²) in [5.74, 6) is -12.1. The number of ether oxygens (including phenoxy) is 1. The number of aromatic hydroxyl groups is 1. The van der Waals surface area contributed by atoms with Crippen LogP contribution in [0.1, 0.15) is 136 Å². The van der Waals surface area contributed by atoms with Crippen molar-refractivity contribution in [1.29, 1.82) is 0 Å². The van der Waals surface area contributed by atoms with Crippen molar-refractivity contribution >= 4 is 65.0 Å². The zero-order valence-corrected chi connectivity index (χ0v) is 48.4. The highest BCUT2D eigenvalue weighted by atomic mass is 16.5. The Bertz CT molecular complexity index is 2610. The van der Waals surface area contributed by atoms with Gasteiger partial charge in [0.25, 0.3) is 11.8 Å². The number of aliphatic hydroxyl groups excluding tert-OH is 3. The number of carbonyl (C=O) groups excluding carboxylic acids is 11. The summed E-state index contributed by atoms with van der Waals surface area (Å²) in [5.41, 5.74) is 5.01. The molecule has 1 aromatic heterocycles. The molecule has 0 saturated carbocycles. The third kappa shape index (κ3) is 24.7. The van der Waals surface area contributed by atoms with Crippen LogP contribution in [0.5, 0.6) is 5.75 Å². The van der Waals surface area contributed by atoms with Crippen molar-refractivity contribution in [3.05, 3.63) is 71.6 Å². The molecule has 3 rings (SSSR count). The number of phenolic OH excluding ortho intramolecular Hbond substituents is 1. The Morgan fingerprint density at radius 2 is 1.37 bits per heavy atom. The van der Waals surface area contributed by atoms with E-state index in [-0.39, 0.29) is 17.9 Å². The average Bonchev–Trinajstić information content (AvgIpc) is 4.02. The predicted molar refractivity (Wildman–Crippen MR) is 302 cm³/mol. The molecule has 0 unspecified atom stereocenters. The molecule has 10 atom stereocenters. The third-order valence-corrected chi connectivity index (χ3v) is 13.5. The molecule has 1 aliphatic heterocycles. The Balaban J connectivity index is 2.10. The number of esters is 1. The Hall–Kier alpha value is -8.24. The van der Waals surface area contributed by atoms with Gasteiger partial charge < -0.3 is 83.7 Å². The van der Waals surface area contributed by atoms with Gasteiger partial charge in [0.05, 0.1) is 37.6 Å². The van der Waals surface area contributed by atoms with Crippen LogP contribution >= 0.6 is 0 Å². The van der Waals surface area contributed by atoms with Crippen LogP contribution < -0.4 is 53.6 Å². The van der Waals surface area contributed by atoms with Gasteiger partial charge in [-0.2, -0.15) is 0 Å². The number of nitrogens with one attached hydrogen (secondary N) is 10. The number of aromatic nitrogens is 2. The number of nitrogens with zero attached hydrogens (tertiary/aromatic N) is 1.